The van der Waals surface area contributed by atoms with E-state index in [2.05, 4.69) is 0 Å². The molecule has 0 aliphatic carbocycles. The van der Waals surface area contributed by atoms with Crippen LogP contribution in [-0.4, -0.2) is 10.7 Å². The molecule has 0 aliphatic rings. The SMILES string of the molecule is O=[N+]([O-])c1c(F)cccc1SC(F)F. The zero-order valence-electron chi connectivity index (χ0n) is 6.62. The first-order valence-electron chi connectivity index (χ1n) is 3.40. The van der Waals surface area contributed by atoms with Crippen molar-refractivity contribution >= 4 is 17.4 Å². The Labute approximate surface area is 81.1 Å². The topological polar surface area (TPSA) is 43.1 Å². The van der Waals surface area contributed by atoms with Gasteiger partial charge in [-0.25, -0.2) is 0 Å². The van der Waals surface area contributed by atoms with Gasteiger partial charge in [0.25, 0.3) is 5.76 Å². The fourth-order valence-corrected chi connectivity index (χ4v) is 1.50. The second-order valence-corrected chi connectivity index (χ2v) is 3.25. The summed E-state index contributed by atoms with van der Waals surface area (Å²) >= 11 is -0.0475. The minimum absolute atomic E-state index is 0.0475. The lowest BCUT2D eigenvalue weighted by molar-refractivity contribution is -0.390. The molecule has 0 radical (unpaired) electrons. The van der Waals surface area contributed by atoms with Gasteiger partial charge < -0.3 is 0 Å². The summed E-state index contributed by atoms with van der Waals surface area (Å²) in [6, 6.07) is 3.08. The number of rotatable bonds is 3. The first kappa shape index (κ1) is 10.8. The van der Waals surface area contributed by atoms with Crippen molar-refractivity contribution in [2.24, 2.45) is 0 Å². The monoisotopic (exact) mass is 223 g/mol. The van der Waals surface area contributed by atoms with Crippen LogP contribution >= 0.6 is 11.8 Å². The maximum absolute atomic E-state index is 12.9. The molecule has 7 heteroatoms. The molecule has 0 fully saturated rings. The standard InChI is InChI=1S/C7H4F3NO2S/c8-4-2-1-3-5(14-7(9)10)6(4)11(12)13/h1-3,7H. The molecule has 0 N–H and O–H groups in total. The van der Waals surface area contributed by atoms with Crippen LogP contribution in [0, 0.1) is 15.9 Å². The molecule has 0 saturated carbocycles. The van der Waals surface area contributed by atoms with Gasteiger partial charge in [-0.05, 0) is 23.9 Å². The summed E-state index contributed by atoms with van der Waals surface area (Å²) in [4.78, 5) is 8.95. The van der Waals surface area contributed by atoms with Crippen molar-refractivity contribution in [1.29, 1.82) is 0 Å². The molecule has 0 unspecified atom stereocenters. The van der Waals surface area contributed by atoms with E-state index < -0.39 is 22.2 Å². The fourth-order valence-electron chi connectivity index (χ4n) is 0.864. The number of alkyl halides is 2. The molecule has 0 bridgehead atoms. The normalized spacial score (nSPS) is 10.6. The van der Waals surface area contributed by atoms with Crippen LogP contribution in [0.3, 0.4) is 0 Å². The molecular formula is C7H4F3NO2S. The molecule has 0 saturated heterocycles. The Kier molecular flexibility index (Phi) is 3.34. The van der Waals surface area contributed by atoms with Crippen molar-refractivity contribution < 1.29 is 18.1 Å². The second-order valence-electron chi connectivity index (χ2n) is 2.22. The summed E-state index contributed by atoms with van der Waals surface area (Å²) < 4.78 is 36.7. The highest BCUT2D eigenvalue weighted by Gasteiger charge is 2.22. The zero-order chi connectivity index (χ0) is 10.7. The third-order valence-electron chi connectivity index (χ3n) is 1.35. The van der Waals surface area contributed by atoms with E-state index in [-0.39, 0.29) is 16.7 Å². The molecule has 76 valence electrons. The van der Waals surface area contributed by atoms with Crippen molar-refractivity contribution in [1.82, 2.24) is 0 Å². The van der Waals surface area contributed by atoms with E-state index in [1.54, 1.807) is 0 Å². The van der Waals surface area contributed by atoms with Crippen molar-refractivity contribution in [3.05, 3.63) is 34.1 Å². The molecule has 1 aromatic rings. The molecule has 3 nitrogen and oxygen atoms in total. The summed E-state index contributed by atoms with van der Waals surface area (Å²) in [5.74, 6) is -3.92. The lowest BCUT2D eigenvalue weighted by Gasteiger charge is -2.01. The predicted molar refractivity (Wildman–Crippen MR) is 44.9 cm³/mol. The second kappa shape index (κ2) is 4.32. The van der Waals surface area contributed by atoms with Crippen molar-refractivity contribution in [3.63, 3.8) is 0 Å². The van der Waals surface area contributed by atoms with Crippen LogP contribution in [-0.2, 0) is 0 Å². The Bertz CT molecular complexity index is 359. The van der Waals surface area contributed by atoms with Crippen LogP contribution < -0.4 is 0 Å². The maximum Gasteiger partial charge on any atom is 0.318 e. The van der Waals surface area contributed by atoms with E-state index in [4.69, 9.17) is 0 Å². The van der Waals surface area contributed by atoms with Crippen LogP contribution in [0.2, 0.25) is 0 Å². The molecule has 0 aromatic heterocycles. The van der Waals surface area contributed by atoms with Gasteiger partial charge in [-0.1, -0.05) is 6.07 Å². The molecule has 0 spiro atoms. The highest BCUT2D eigenvalue weighted by Crippen LogP contribution is 2.34. The first-order valence-corrected chi connectivity index (χ1v) is 4.28. The Morgan fingerprint density at radius 2 is 2.07 bits per heavy atom. The largest absolute Gasteiger partial charge is 0.318 e. The fraction of sp³-hybridized carbons (Fsp3) is 0.143. The van der Waals surface area contributed by atoms with Gasteiger partial charge >= 0.3 is 5.69 Å². The Morgan fingerprint density at radius 3 is 2.57 bits per heavy atom. The molecular weight excluding hydrogens is 219 g/mol. The van der Waals surface area contributed by atoms with Gasteiger partial charge in [-0.3, -0.25) is 10.1 Å². The number of halogens is 3. The van der Waals surface area contributed by atoms with Crippen LogP contribution in [0.15, 0.2) is 23.1 Å². The van der Waals surface area contributed by atoms with Crippen LogP contribution in [0.4, 0.5) is 18.9 Å². The van der Waals surface area contributed by atoms with E-state index in [0.29, 0.717) is 0 Å². The molecule has 0 aliphatic heterocycles. The van der Waals surface area contributed by atoms with Crippen molar-refractivity contribution in [2.75, 3.05) is 0 Å². The molecule has 14 heavy (non-hydrogen) atoms. The number of thioether (sulfide) groups is 1. The van der Waals surface area contributed by atoms with Gasteiger partial charge in [-0.15, -0.1) is 0 Å². The third kappa shape index (κ3) is 2.38. The highest BCUT2D eigenvalue weighted by molar-refractivity contribution is 7.99. The predicted octanol–water partition coefficient (Wildman–Crippen LogP) is 3.05. The summed E-state index contributed by atoms with van der Waals surface area (Å²) in [6.07, 6.45) is 0. The number of para-hydroxylation sites is 1. The molecule has 1 aromatic carbocycles. The molecule has 1 rings (SSSR count). The summed E-state index contributed by atoms with van der Waals surface area (Å²) in [6.45, 7) is 0. The Hall–Kier alpha value is -1.24. The van der Waals surface area contributed by atoms with Gasteiger partial charge in [0.15, 0.2) is 0 Å². The number of nitro benzene ring substituents is 1. The number of nitrogens with zero attached hydrogens (tertiary/aromatic N) is 1. The lowest BCUT2D eigenvalue weighted by Crippen LogP contribution is -1.96. The lowest BCUT2D eigenvalue weighted by atomic mass is 10.3. The summed E-state index contributed by atoms with van der Waals surface area (Å²) in [5.41, 5.74) is -0.905. The number of benzene rings is 1. The molecule has 0 amide bonds. The van der Waals surface area contributed by atoms with Crippen LogP contribution in [0.25, 0.3) is 0 Å². The quantitative estimate of drug-likeness (QED) is 0.449. The van der Waals surface area contributed by atoms with Gasteiger partial charge in [0, 0.05) is 0 Å². The first-order chi connectivity index (χ1) is 6.52. The van der Waals surface area contributed by atoms with Crippen LogP contribution in [0.5, 0.6) is 0 Å². The smallest absolute Gasteiger partial charge is 0.258 e. The molecule has 0 heterocycles. The van der Waals surface area contributed by atoms with Crippen LogP contribution in [0.1, 0.15) is 0 Å². The summed E-state index contributed by atoms with van der Waals surface area (Å²) in [5, 5.41) is 10.3. The van der Waals surface area contributed by atoms with Gasteiger partial charge in [0.1, 0.15) is 0 Å². The van der Waals surface area contributed by atoms with E-state index in [1.807, 2.05) is 0 Å². The van der Waals surface area contributed by atoms with Crippen molar-refractivity contribution in [3.8, 4) is 0 Å². The number of hydrogen-bond acceptors (Lipinski definition) is 3. The zero-order valence-corrected chi connectivity index (χ0v) is 7.43. The van der Waals surface area contributed by atoms with Crippen molar-refractivity contribution in [2.45, 2.75) is 10.7 Å². The minimum Gasteiger partial charge on any atom is -0.258 e. The average Bonchev–Trinajstić information content (AvgIpc) is 2.01. The van der Waals surface area contributed by atoms with E-state index in [0.717, 1.165) is 18.2 Å². The van der Waals surface area contributed by atoms with Gasteiger partial charge in [0.05, 0.1) is 9.82 Å². The average molecular weight is 223 g/mol. The van der Waals surface area contributed by atoms with Gasteiger partial charge in [0.2, 0.25) is 5.82 Å². The van der Waals surface area contributed by atoms with Gasteiger partial charge in [-0.2, -0.15) is 13.2 Å². The Balaban J connectivity index is 3.14. The van der Waals surface area contributed by atoms with E-state index in [9.17, 15) is 23.3 Å². The number of hydrogen-bond donors (Lipinski definition) is 0. The number of nitro groups is 1. The van der Waals surface area contributed by atoms with E-state index >= 15 is 0 Å². The highest BCUT2D eigenvalue weighted by atomic mass is 32.2. The molecule has 0 atom stereocenters. The Morgan fingerprint density at radius 1 is 1.43 bits per heavy atom. The van der Waals surface area contributed by atoms with E-state index in [1.165, 1.54) is 0 Å². The third-order valence-corrected chi connectivity index (χ3v) is 2.11. The summed E-state index contributed by atoms with van der Waals surface area (Å²) in [7, 11) is 0. The maximum atomic E-state index is 12.9. The minimum atomic E-state index is -2.81.